The maximum Gasteiger partial charge on any atom is 0.334 e. The SMILES string of the molecule is C=C1C(=O)O[C@H]2[C@H]1CCC(C)=C1CC[C@@H](O)[C@@]12C. The highest BCUT2D eigenvalue weighted by Crippen LogP contribution is 2.55. The molecule has 2 fully saturated rings. The standard InChI is InChI=1S/C15H20O3/c1-8-4-5-10-9(2)14(17)18-13(10)15(3)11(8)6-7-12(15)16/h10,12-13,16H,2,4-7H2,1,3H3/t10-,12+,13-,15+/m0/s1. The van der Waals surface area contributed by atoms with Crippen LogP contribution in [0.15, 0.2) is 23.3 Å². The maximum absolute atomic E-state index is 11.8. The molecule has 0 bridgehead atoms. The second kappa shape index (κ2) is 3.70. The van der Waals surface area contributed by atoms with Gasteiger partial charge in [-0.2, -0.15) is 0 Å². The van der Waals surface area contributed by atoms with Crippen molar-refractivity contribution in [3.63, 3.8) is 0 Å². The van der Waals surface area contributed by atoms with Gasteiger partial charge in [-0.1, -0.05) is 17.7 Å². The van der Waals surface area contributed by atoms with E-state index in [0.717, 1.165) is 25.7 Å². The molecule has 4 atom stereocenters. The van der Waals surface area contributed by atoms with E-state index in [-0.39, 0.29) is 18.0 Å². The summed E-state index contributed by atoms with van der Waals surface area (Å²) in [6, 6.07) is 0. The third kappa shape index (κ3) is 1.31. The number of aliphatic hydroxyl groups excluding tert-OH is 1. The first-order valence-electron chi connectivity index (χ1n) is 6.73. The van der Waals surface area contributed by atoms with Gasteiger partial charge in [0.1, 0.15) is 6.10 Å². The van der Waals surface area contributed by atoms with Crippen molar-refractivity contribution in [1.29, 1.82) is 0 Å². The highest BCUT2D eigenvalue weighted by Gasteiger charge is 2.57. The summed E-state index contributed by atoms with van der Waals surface area (Å²) in [4.78, 5) is 11.8. The van der Waals surface area contributed by atoms with Crippen molar-refractivity contribution in [2.24, 2.45) is 11.3 Å². The largest absolute Gasteiger partial charge is 0.457 e. The van der Waals surface area contributed by atoms with Crippen LogP contribution in [0.5, 0.6) is 0 Å². The van der Waals surface area contributed by atoms with Crippen LogP contribution in [0.4, 0.5) is 0 Å². The van der Waals surface area contributed by atoms with Crippen LogP contribution >= 0.6 is 0 Å². The number of ether oxygens (including phenoxy) is 1. The average molecular weight is 248 g/mol. The molecule has 1 heterocycles. The van der Waals surface area contributed by atoms with Crippen molar-refractivity contribution >= 4 is 5.97 Å². The second-order valence-corrected chi connectivity index (χ2v) is 6.09. The minimum atomic E-state index is -0.410. The topological polar surface area (TPSA) is 46.5 Å². The Kier molecular flexibility index (Phi) is 2.46. The molecule has 0 aromatic heterocycles. The first kappa shape index (κ1) is 12.0. The van der Waals surface area contributed by atoms with E-state index in [1.54, 1.807) is 0 Å². The summed E-state index contributed by atoms with van der Waals surface area (Å²) in [7, 11) is 0. The van der Waals surface area contributed by atoms with Crippen molar-refractivity contribution in [1.82, 2.24) is 0 Å². The summed E-state index contributed by atoms with van der Waals surface area (Å²) < 4.78 is 5.56. The molecular weight excluding hydrogens is 228 g/mol. The molecule has 3 heteroatoms. The van der Waals surface area contributed by atoms with Crippen molar-refractivity contribution in [3.8, 4) is 0 Å². The Morgan fingerprint density at radius 2 is 2.11 bits per heavy atom. The molecule has 2 aliphatic carbocycles. The van der Waals surface area contributed by atoms with Crippen molar-refractivity contribution in [2.75, 3.05) is 0 Å². The zero-order valence-corrected chi connectivity index (χ0v) is 11.0. The first-order chi connectivity index (χ1) is 8.46. The minimum Gasteiger partial charge on any atom is -0.457 e. The van der Waals surface area contributed by atoms with Gasteiger partial charge in [-0.15, -0.1) is 0 Å². The molecule has 1 N–H and O–H groups in total. The van der Waals surface area contributed by atoms with Crippen molar-refractivity contribution in [3.05, 3.63) is 23.3 Å². The number of rotatable bonds is 0. The molecule has 1 aliphatic heterocycles. The van der Waals surface area contributed by atoms with E-state index in [9.17, 15) is 9.90 Å². The van der Waals surface area contributed by atoms with Gasteiger partial charge in [-0.3, -0.25) is 0 Å². The number of carbonyl (C=O) groups is 1. The van der Waals surface area contributed by atoms with E-state index in [4.69, 9.17) is 4.74 Å². The fourth-order valence-electron chi connectivity index (χ4n) is 4.08. The lowest BCUT2D eigenvalue weighted by Crippen LogP contribution is -2.43. The lowest BCUT2D eigenvalue weighted by atomic mass is 9.72. The number of allylic oxidation sites excluding steroid dienone is 1. The number of hydrogen-bond donors (Lipinski definition) is 1. The van der Waals surface area contributed by atoms with Gasteiger partial charge in [0.25, 0.3) is 0 Å². The molecule has 0 unspecified atom stereocenters. The van der Waals surface area contributed by atoms with Gasteiger partial charge in [-0.05, 0) is 39.5 Å². The Balaban J connectivity index is 2.11. The van der Waals surface area contributed by atoms with Crippen LogP contribution in [-0.2, 0) is 9.53 Å². The van der Waals surface area contributed by atoms with Crippen LogP contribution in [0.1, 0.15) is 39.5 Å². The quantitative estimate of drug-likeness (QED) is 0.406. The summed E-state index contributed by atoms with van der Waals surface area (Å²) >= 11 is 0. The minimum absolute atomic E-state index is 0.0719. The van der Waals surface area contributed by atoms with Gasteiger partial charge in [0.15, 0.2) is 0 Å². The molecule has 3 aliphatic rings. The number of esters is 1. The maximum atomic E-state index is 11.8. The highest BCUT2D eigenvalue weighted by atomic mass is 16.6. The van der Waals surface area contributed by atoms with Gasteiger partial charge in [0, 0.05) is 11.5 Å². The molecule has 3 rings (SSSR count). The predicted molar refractivity (Wildman–Crippen MR) is 67.8 cm³/mol. The van der Waals surface area contributed by atoms with Gasteiger partial charge < -0.3 is 9.84 Å². The molecule has 18 heavy (non-hydrogen) atoms. The smallest absolute Gasteiger partial charge is 0.334 e. The number of hydrogen-bond acceptors (Lipinski definition) is 3. The summed E-state index contributed by atoms with van der Waals surface area (Å²) in [5, 5.41) is 10.4. The summed E-state index contributed by atoms with van der Waals surface area (Å²) in [5.41, 5.74) is 2.87. The predicted octanol–water partition coefficient (Wildman–Crippen LogP) is 2.36. The monoisotopic (exact) mass is 248 g/mol. The number of fused-ring (bicyclic) bond motifs is 3. The fourth-order valence-corrected chi connectivity index (χ4v) is 4.08. The lowest BCUT2D eigenvalue weighted by molar-refractivity contribution is -0.146. The molecule has 98 valence electrons. The van der Waals surface area contributed by atoms with Crippen LogP contribution in [-0.4, -0.2) is 23.3 Å². The van der Waals surface area contributed by atoms with Crippen molar-refractivity contribution < 1.29 is 14.6 Å². The van der Waals surface area contributed by atoms with Gasteiger partial charge in [0.05, 0.1) is 11.5 Å². The Bertz CT molecular complexity index is 462. The van der Waals surface area contributed by atoms with Crippen LogP contribution < -0.4 is 0 Å². The second-order valence-electron chi connectivity index (χ2n) is 6.09. The third-order valence-corrected chi connectivity index (χ3v) is 5.26. The summed E-state index contributed by atoms with van der Waals surface area (Å²) in [6.07, 6.45) is 2.96. The number of carbonyl (C=O) groups excluding carboxylic acids is 1. The normalized spacial score (nSPS) is 43.6. The van der Waals surface area contributed by atoms with E-state index in [1.807, 2.05) is 0 Å². The Morgan fingerprint density at radius 3 is 2.83 bits per heavy atom. The zero-order valence-electron chi connectivity index (χ0n) is 11.0. The van der Waals surface area contributed by atoms with Gasteiger partial charge in [-0.25, -0.2) is 4.79 Å². The van der Waals surface area contributed by atoms with E-state index < -0.39 is 11.5 Å². The number of aliphatic hydroxyl groups is 1. The molecule has 3 nitrogen and oxygen atoms in total. The summed E-state index contributed by atoms with van der Waals surface area (Å²) in [5.74, 6) is -0.202. The molecule has 0 radical (unpaired) electrons. The Morgan fingerprint density at radius 1 is 1.39 bits per heavy atom. The van der Waals surface area contributed by atoms with Crippen LogP contribution in [0.3, 0.4) is 0 Å². The fraction of sp³-hybridized carbons (Fsp3) is 0.667. The average Bonchev–Trinajstić information content (AvgIpc) is 2.75. The van der Waals surface area contributed by atoms with Crippen molar-refractivity contribution in [2.45, 2.75) is 51.7 Å². The zero-order chi connectivity index (χ0) is 13.1. The van der Waals surface area contributed by atoms with E-state index >= 15 is 0 Å². The molecule has 0 amide bonds. The van der Waals surface area contributed by atoms with Crippen LogP contribution in [0, 0.1) is 11.3 Å². The third-order valence-electron chi connectivity index (χ3n) is 5.26. The molecule has 0 spiro atoms. The van der Waals surface area contributed by atoms with Crippen LogP contribution in [0.2, 0.25) is 0 Å². The Hall–Kier alpha value is -1.09. The molecule has 1 saturated carbocycles. The Labute approximate surface area is 108 Å². The summed E-state index contributed by atoms with van der Waals surface area (Å²) in [6.45, 7) is 8.09. The first-order valence-corrected chi connectivity index (χ1v) is 6.73. The lowest BCUT2D eigenvalue weighted by Gasteiger charge is -2.36. The highest BCUT2D eigenvalue weighted by molar-refractivity contribution is 5.91. The molecule has 0 aromatic carbocycles. The van der Waals surface area contributed by atoms with Gasteiger partial charge >= 0.3 is 5.97 Å². The molecule has 1 saturated heterocycles. The van der Waals surface area contributed by atoms with E-state index in [0.29, 0.717) is 5.57 Å². The van der Waals surface area contributed by atoms with Crippen LogP contribution in [0.25, 0.3) is 0 Å². The molecule has 0 aromatic rings. The van der Waals surface area contributed by atoms with Gasteiger partial charge in [0.2, 0.25) is 0 Å². The van der Waals surface area contributed by atoms with E-state index in [2.05, 4.69) is 20.4 Å². The van der Waals surface area contributed by atoms with E-state index in [1.165, 1.54) is 11.1 Å². The molecular formula is C15H20O3.